The summed E-state index contributed by atoms with van der Waals surface area (Å²) >= 11 is 2.30. The lowest BCUT2D eigenvalue weighted by Crippen LogP contribution is -2.48. The summed E-state index contributed by atoms with van der Waals surface area (Å²) in [5.74, 6) is 0.639. The van der Waals surface area contributed by atoms with Crippen molar-refractivity contribution in [3.8, 4) is 0 Å². The van der Waals surface area contributed by atoms with Crippen LogP contribution in [0.1, 0.15) is 38.2 Å². The molecule has 3 unspecified atom stereocenters. The molecule has 0 aromatic heterocycles. The maximum Gasteiger partial charge on any atom is 0.0942 e. The van der Waals surface area contributed by atoms with Gasteiger partial charge in [-0.2, -0.15) is 0 Å². The first-order chi connectivity index (χ1) is 9.05. The van der Waals surface area contributed by atoms with Crippen LogP contribution in [-0.4, -0.2) is 23.9 Å². The van der Waals surface area contributed by atoms with E-state index in [0.29, 0.717) is 12.3 Å². The van der Waals surface area contributed by atoms with E-state index in [9.17, 15) is 5.11 Å². The summed E-state index contributed by atoms with van der Waals surface area (Å²) in [5, 5.41) is 10.6. The molecule has 106 valence electrons. The van der Waals surface area contributed by atoms with Crippen molar-refractivity contribution in [2.75, 3.05) is 7.11 Å². The first kappa shape index (κ1) is 15.3. The van der Waals surface area contributed by atoms with Crippen LogP contribution in [0.25, 0.3) is 0 Å². The lowest BCUT2D eigenvalue weighted by atomic mass is 9.74. The molecule has 0 heterocycles. The van der Waals surface area contributed by atoms with Crippen molar-refractivity contribution in [3.05, 3.63) is 33.4 Å². The van der Waals surface area contributed by atoms with Gasteiger partial charge in [0.1, 0.15) is 0 Å². The SMILES string of the molecule is COC1(C(O)Cc2ccc(I)cc2)CCCC(C)C1. The molecule has 3 heteroatoms. The second-order valence-corrected chi connectivity index (χ2v) is 7.06. The van der Waals surface area contributed by atoms with E-state index in [4.69, 9.17) is 4.74 Å². The lowest BCUT2D eigenvalue weighted by molar-refractivity contribution is -0.131. The molecule has 1 N–H and O–H groups in total. The standard InChI is InChI=1S/C16H23IO2/c1-12-4-3-9-16(11-12,19-2)15(18)10-13-5-7-14(17)8-6-13/h5-8,12,15,18H,3-4,9-11H2,1-2H3. The average molecular weight is 374 g/mol. The molecule has 2 nitrogen and oxygen atoms in total. The van der Waals surface area contributed by atoms with Crippen LogP contribution in [0, 0.1) is 9.49 Å². The predicted molar refractivity (Wildman–Crippen MR) is 86.2 cm³/mol. The Morgan fingerprint density at radius 1 is 1.42 bits per heavy atom. The van der Waals surface area contributed by atoms with Crippen LogP contribution >= 0.6 is 22.6 Å². The molecule has 2 rings (SSSR count). The van der Waals surface area contributed by atoms with E-state index < -0.39 is 6.10 Å². The third-order valence-corrected chi connectivity index (χ3v) is 5.07. The first-order valence-electron chi connectivity index (χ1n) is 7.03. The summed E-state index contributed by atoms with van der Waals surface area (Å²) in [6, 6.07) is 8.37. The number of methoxy groups -OCH3 is 1. The van der Waals surface area contributed by atoms with E-state index in [1.165, 1.54) is 15.6 Å². The smallest absolute Gasteiger partial charge is 0.0942 e. The Kier molecular flexibility index (Phi) is 5.26. The van der Waals surface area contributed by atoms with Gasteiger partial charge >= 0.3 is 0 Å². The molecule has 19 heavy (non-hydrogen) atoms. The Morgan fingerprint density at radius 2 is 2.11 bits per heavy atom. The molecule has 0 bridgehead atoms. The summed E-state index contributed by atoms with van der Waals surface area (Å²) in [6.07, 6.45) is 4.60. The molecule has 0 amide bonds. The first-order valence-corrected chi connectivity index (χ1v) is 8.11. The van der Waals surface area contributed by atoms with Crippen molar-refractivity contribution in [2.45, 2.75) is 50.7 Å². The van der Waals surface area contributed by atoms with Crippen LogP contribution in [0.5, 0.6) is 0 Å². The van der Waals surface area contributed by atoms with Crippen LogP contribution < -0.4 is 0 Å². The van der Waals surface area contributed by atoms with Crippen LogP contribution in [-0.2, 0) is 11.2 Å². The topological polar surface area (TPSA) is 29.5 Å². The quantitative estimate of drug-likeness (QED) is 0.813. The second-order valence-electron chi connectivity index (χ2n) is 5.82. The number of aliphatic hydroxyl groups excluding tert-OH is 1. The Hall–Kier alpha value is -0.130. The van der Waals surface area contributed by atoms with Gasteiger partial charge in [-0.15, -0.1) is 0 Å². The summed E-state index contributed by atoms with van der Waals surface area (Å²) < 4.78 is 6.98. The van der Waals surface area contributed by atoms with Gasteiger partial charge in [-0.3, -0.25) is 0 Å². The zero-order valence-corrected chi connectivity index (χ0v) is 13.9. The van der Waals surface area contributed by atoms with Crippen molar-refractivity contribution in [1.29, 1.82) is 0 Å². The third-order valence-electron chi connectivity index (χ3n) is 4.35. The van der Waals surface area contributed by atoms with E-state index >= 15 is 0 Å². The Labute approximate surface area is 129 Å². The maximum absolute atomic E-state index is 10.6. The summed E-state index contributed by atoms with van der Waals surface area (Å²) in [5.41, 5.74) is 0.836. The van der Waals surface area contributed by atoms with Crippen LogP contribution in [0.4, 0.5) is 0 Å². The van der Waals surface area contributed by atoms with Gasteiger partial charge in [0.25, 0.3) is 0 Å². The summed E-state index contributed by atoms with van der Waals surface area (Å²) in [6.45, 7) is 2.25. The normalized spacial score (nSPS) is 29.2. The molecule has 0 radical (unpaired) electrons. The largest absolute Gasteiger partial charge is 0.390 e. The van der Waals surface area contributed by atoms with Gasteiger partial charge in [0.05, 0.1) is 11.7 Å². The Balaban J connectivity index is 2.08. The minimum atomic E-state index is -0.416. The summed E-state index contributed by atoms with van der Waals surface area (Å²) in [7, 11) is 1.75. The number of hydrogen-bond donors (Lipinski definition) is 1. The highest BCUT2D eigenvalue weighted by Gasteiger charge is 2.41. The Morgan fingerprint density at radius 3 is 2.68 bits per heavy atom. The lowest BCUT2D eigenvalue weighted by Gasteiger charge is -2.42. The van der Waals surface area contributed by atoms with Gasteiger partial charge in [-0.05, 0) is 59.0 Å². The molecule has 3 atom stereocenters. The van der Waals surface area contributed by atoms with E-state index in [1.807, 2.05) is 0 Å². The molecule has 1 saturated carbocycles. The molecule has 1 aliphatic rings. The van der Waals surface area contributed by atoms with Crippen molar-refractivity contribution >= 4 is 22.6 Å². The highest BCUT2D eigenvalue weighted by atomic mass is 127. The fourth-order valence-corrected chi connectivity index (χ4v) is 3.56. The fraction of sp³-hybridized carbons (Fsp3) is 0.625. The molecular formula is C16H23IO2. The number of benzene rings is 1. The van der Waals surface area contributed by atoms with Crippen molar-refractivity contribution in [3.63, 3.8) is 0 Å². The highest BCUT2D eigenvalue weighted by molar-refractivity contribution is 14.1. The highest BCUT2D eigenvalue weighted by Crippen LogP contribution is 2.38. The molecule has 0 spiro atoms. The summed E-state index contributed by atoms with van der Waals surface area (Å²) in [4.78, 5) is 0. The number of halogens is 1. The molecule has 0 saturated heterocycles. The van der Waals surface area contributed by atoms with Crippen molar-refractivity contribution in [1.82, 2.24) is 0 Å². The van der Waals surface area contributed by atoms with Gasteiger partial charge in [0.2, 0.25) is 0 Å². The van der Waals surface area contributed by atoms with Crippen molar-refractivity contribution in [2.24, 2.45) is 5.92 Å². The van der Waals surface area contributed by atoms with Crippen molar-refractivity contribution < 1.29 is 9.84 Å². The number of hydrogen-bond acceptors (Lipinski definition) is 2. The number of ether oxygens (including phenoxy) is 1. The predicted octanol–water partition coefficient (Wildman–Crippen LogP) is 3.79. The molecule has 1 aromatic rings. The van der Waals surface area contributed by atoms with E-state index in [2.05, 4.69) is 53.8 Å². The number of rotatable bonds is 4. The fourth-order valence-electron chi connectivity index (χ4n) is 3.20. The van der Waals surface area contributed by atoms with Gasteiger partial charge in [-0.25, -0.2) is 0 Å². The average Bonchev–Trinajstić information content (AvgIpc) is 2.41. The molecular weight excluding hydrogens is 351 g/mol. The molecule has 0 aliphatic heterocycles. The monoisotopic (exact) mass is 374 g/mol. The third kappa shape index (κ3) is 3.70. The zero-order valence-electron chi connectivity index (χ0n) is 11.7. The number of aliphatic hydroxyl groups is 1. The van der Waals surface area contributed by atoms with Crippen LogP contribution in [0.2, 0.25) is 0 Å². The molecule has 1 aromatic carbocycles. The van der Waals surface area contributed by atoms with Crippen LogP contribution in [0.3, 0.4) is 0 Å². The van der Waals surface area contributed by atoms with Crippen LogP contribution in [0.15, 0.2) is 24.3 Å². The maximum atomic E-state index is 10.6. The van der Waals surface area contributed by atoms with Gasteiger partial charge < -0.3 is 9.84 Å². The van der Waals surface area contributed by atoms with Gasteiger partial charge in [-0.1, -0.05) is 31.9 Å². The molecule has 1 fully saturated rings. The van der Waals surface area contributed by atoms with E-state index in [0.717, 1.165) is 19.3 Å². The van der Waals surface area contributed by atoms with Gasteiger partial charge in [0, 0.05) is 17.1 Å². The minimum absolute atomic E-state index is 0.347. The van der Waals surface area contributed by atoms with E-state index in [-0.39, 0.29) is 5.60 Å². The zero-order chi connectivity index (χ0) is 13.9. The Bertz CT molecular complexity index is 404. The van der Waals surface area contributed by atoms with E-state index in [1.54, 1.807) is 7.11 Å². The minimum Gasteiger partial charge on any atom is -0.390 e. The van der Waals surface area contributed by atoms with Gasteiger partial charge in [0.15, 0.2) is 0 Å². The molecule has 1 aliphatic carbocycles. The second kappa shape index (κ2) is 6.55.